The van der Waals surface area contributed by atoms with Gasteiger partial charge in [0.15, 0.2) is 11.6 Å². The van der Waals surface area contributed by atoms with Crippen LogP contribution in [0.2, 0.25) is 5.02 Å². The van der Waals surface area contributed by atoms with Gasteiger partial charge in [0.2, 0.25) is 0 Å². The summed E-state index contributed by atoms with van der Waals surface area (Å²) in [5, 5.41) is 6.74. The highest BCUT2D eigenvalue weighted by Gasteiger charge is 2.11. The van der Waals surface area contributed by atoms with E-state index in [0.29, 0.717) is 39.3 Å². The van der Waals surface area contributed by atoms with E-state index in [4.69, 9.17) is 17.3 Å². The molecular weight excluding hydrogens is 354 g/mol. The zero-order valence-electron chi connectivity index (χ0n) is 13.9. The van der Waals surface area contributed by atoms with Crippen molar-refractivity contribution >= 4 is 46.3 Å². The van der Waals surface area contributed by atoms with Crippen LogP contribution in [0.1, 0.15) is 10.4 Å². The van der Waals surface area contributed by atoms with E-state index < -0.39 is 5.97 Å². The molecule has 0 fully saturated rings. The summed E-state index contributed by atoms with van der Waals surface area (Å²) in [5.74, 6) is 0.464. The molecule has 0 aliphatic heterocycles. The molecule has 3 rings (SSSR count). The third kappa shape index (κ3) is 3.84. The normalized spacial score (nSPS) is 10.2. The Hall–Kier alpha value is -3.32. The zero-order chi connectivity index (χ0) is 18.5. The van der Waals surface area contributed by atoms with E-state index in [1.807, 2.05) is 18.2 Å². The van der Waals surface area contributed by atoms with E-state index in [-0.39, 0.29) is 0 Å². The first-order valence-electron chi connectivity index (χ1n) is 7.66. The van der Waals surface area contributed by atoms with Gasteiger partial charge in [0.25, 0.3) is 0 Å². The van der Waals surface area contributed by atoms with Gasteiger partial charge in [-0.15, -0.1) is 0 Å². The molecule has 0 saturated heterocycles. The van der Waals surface area contributed by atoms with Crippen molar-refractivity contribution in [2.75, 3.05) is 23.5 Å². The molecule has 3 aromatic rings. The van der Waals surface area contributed by atoms with E-state index in [0.717, 1.165) is 0 Å². The number of nitrogen functional groups attached to an aromatic ring is 1. The highest BCUT2D eigenvalue weighted by atomic mass is 35.5. The number of aromatic nitrogens is 2. The van der Waals surface area contributed by atoms with Crippen LogP contribution in [0.25, 0.3) is 0 Å². The molecule has 4 N–H and O–H groups in total. The summed E-state index contributed by atoms with van der Waals surface area (Å²) in [6.07, 6.45) is 1.39. The van der Waals surface area contributed by atoms with Gasteiger partial charge < -0.3 is 21.1 Å². The second kappa shape index (κ2) is 7.71. The molecule has 0 spiro atoms. The van der Waals surface area contributed by atoms with Crippen molar-refractivity contribution in [3.05, 3.63) is 65.4 Å². The number of carbonyl (C=O) groups is 1. The maximum Gasteiger partial charge on any atom is 0.337 e. The standard InChI is InChI=1S/C18H16ClN5O2/c1-26-18(25)11-6-8-12(9-7-11)23-16-15(20)17(22-10-21-16)24-14-5-3-2-4-13(14)19/h2-10H,20H2,1H3,(H2,21,22,23,24). The molecule has 0 aliphatic rings. The first-order valence-corrected chi connectivity index (χ1v) is 8.03. The molecular formula is C18H16ClN5O2. The highest BCUT2D eigenvalue weighted by Crippen LogP contribution is 2.30. The van der Waals surface area contributed by atoms with Gasteiger partial charge in [0.05, 0.1) is 23.4 Å². The number of halogens is 1. The number of nitrogens with zero attached hydrogens (tertiary/aromatic N) is 2. The van der Waals surface area contributed by atoms with Gasteiger partial charge in [-0.3, -0.25) is 0 Å². The Morgan fingerprint density at radius 1 is 1.04 bits per heavy atom. The molecule has 1 heterocycles. The lowest BCUT2D eigenvalue weighted by atomic mass is 10.2. The molecule has 2 aromatic carbocycles. The van der Waals surface area contributed by atoms with Crippen LogP contribution in [0.4, 0.5) is 28.7 Å². The summed E-state index contributed by atoms with van der Waals surface area (Å²) in [5.41, 5.74) is 8.36. The summed E-state index contributed by atoms with van der Waals surface area (Å²) in [6.45, 7) is 0. The summed E-state index contributed by atoms with van der Waals surface area (Å²) in [6, 6.07) is 14.0. The topological polar surface area (TPSA) is 102 Å². The van der Waals surface area contributed by atoms with Gasteiger partial charge in [-0.25, -0.2) is 14.8 Å². The monoisotopic (exact) mass is 369 g/mol. The molecule has 0 unspecified atom stereocenters. The highest BCUT2D eigenvalue weighted by molar-refractivity contribution is 6.33. The lowest BCUT2D eigenvalue weighted by Gasteiger charge is -2.13. The van der Waals surface area contributed by atoms with E-state index >= 15 is 0 Å². The Morgan fingerprint density at radius 2 is 1.69 bits per heavy atom. The first-order chi connectivity index (χ1) is 12.6. The van der Waals surface area contributed by atoms with Crippen molar-refractivity contribution in [2.24, 2.45) is 0 Å². The molecule has 7 nitrogen and oxygen atoms in total. The maximum atomic E-state index is 11.5. The van der Waals surface area contributed by atoms with Crippen LogP contribution < -0.4 is 16.4 Å². The number of benzene rings is 2. The molecule has 0 amide bonds. The van der Waals surface area contributed by atoms with Gasteiger partial charge in [-0.05, 0) is 36.4 Å². The van der Waals surface area contributed by atoms with Crippen molar-refractivity contribution < 1.29 is 9.53 Å². The predicted octanol–water partition coefficient (Wildman–Crippen LogP) is 3.99. The van der Waals surface area contributed by atoms with E-state index in [1.165, 1.54) is 13.4 Å². The van der Waals surface area contributed by atoms with Crippen molar-refractivity contribution in [1.29, 1.82) is 0 Å². The third-order valence-corrected chi connectivity index (χ3v) is 3.91. The van der Waals surface area contributed by atoms with E-state index in [9.17, 15) is 4.79 Å². The van der Waals surface area contributed by atoms with Crippen LogP contribution in [0.15, 0.2) is 54.9 Å². The number of hydrogen-bond acceptors (Lipinski definition) is 7. The number of para-hydroxylation sites is 1. The van der Waals surface area contributed by atoms with Crippen LogP contribution in [0, 0.1) is 0 Å². The Morgan fingerprint density at radius 3 is 2.35 bits per heavy atom. The number of hydrogen-bond donors (Lipinski definition) is 3. The number of methoxy groups -OCH3 is 1. The Kier molecular flexibility index (Phi) is 5.19. The van der Waals surface area contributed by atoms with Crippen LogP contribution in [-0.2, 0) is 4.74 Å². The van der Waals surface area contributed by atoms with Crippen molar-refractivity contribution in [1.82, 2.24) is 9.97 Å². The molecule has 0 atom stereocenters. The van der Waals surface area contributed by atoms with Gasteiger partial charge >= 0.3 is 5.97 Å². The fourth-order valence-corrected chi connectivity index (χ4v) is 2.41. The van der Waals surface area contributed by atoms with Crippen LogP contribution in [0.5, 0.6) is 0 Å². The molecule has 1 aromatic heterocycles. The van der Waals surface area contributed by atoms with E-state index in [1.54, 1.807) is 30.3 Å². The largest absolute Gasteiger partial charge is 0.465 e. The van der Waals surface area contributed by atoms with Gasteiger partial charge in [0.1, 0.15) is 12.0 Å². The third-order valence-electron chi connectivity index (χ3n) is 3.58. The second-order valence-electron chi connectivity index (χ2n) is 5.28. The smallest absolute Gasteiger partial charge is 0.337 e. The van der Waals surface area contributed by atoms with Gasteiger partial charge in [-0.1, -0.05) is 23.7 Å². The Bertz CT molecular complexity index is 931. The predicted molar refractivity (Wildman–Crippen MR) is 102 cm³/mol. The van der Waals surface area contributed by atoms with Crippen molar-refractivity contribution in [2.45, 2.75) is 0 Å². The fraction of sp³-hybridized carbons (Fsp3) is 0.0556. The Balaban J connectivity index is 1.81. The number of rotatable bonds is 5. The van der Waals surface area contributed by atoms with E-state index in [2.05, 4.69) is 25.3 Å². The SMILES string of the molecule is COC(=O)c1ccc(Nc2ncnc(Nc3ccccc3Cl)c2N)cc1. The van der Waals surface area contributed by atoms with Crippen LogP contribution in [0.3, 0.4) is 0 Å². The quantitative estimate of drug-likeness (QED) is 0.584. The minimum absolute atomic E-state index is 0.337. The minimum atomic E-state index is -0.399. The van der Waals surface area contributed by atoms with Gasteiger partial charge in [-0.2, -0.15) is 0 Å². The number of nitrogens with one attached hydrogen (secondary N) is 2. The Labute approximate surface area is 155 Å². The lowest BCUT2D eigenvalue weighted by Crippen LogP contribution is -2.06. The average Bonchev–Trinajstić information content (AvgIpc) is 2.66. The van der Waals surface area contributed by atoms with Crippen molar-refractivity contribution in [3.8, 4) is 0 Å². The number of nitrogens with two attached hydrogens (primary N) is 1. The number of anilines is 5. The lowest BCUT2D eigenvalue weighted by molar-refractivity contribution is 0.0601. The maximum absolute atomic E-state index is 11.5. The minimum Gasteiger partial charge on any atom is -0.465 e. The molecule has 26 heavy (non-hydrogen) atoms. The van der Waals surface area contributed by atoms with Gasteiger partial charge in [0, 0.05) is 5.69 Å². The molecule has 132 valence electrons. The summed E-state index contributed by atoms with van der Waals surface area (Å²) in [7, 11) is 1.34. The molecule has 0 radical (unpaired) electrons. The summed E-state index contributed by atoms with van der Waals surface area (Å²) < 4.78 is 4.68. The molecule has 0 aliphatic carbocycles. The number of esters is 1. The zero-order valence-corrected chi connectivity index (χ0v) is 14.6. The number of carbonyl (C=O) groups excluding carboxylic acids is 1. The molecule has 0 saturated carbocycles. The average molecular weight is 370 g/mol. The van der Waals surface area contributed by atoms with Crippen molar-refractivity contribution in [3.63, 3.8) is 0 Å². The van der Waals surface area contributed by atoms with Crippen LogP contribution >= 0.6 is 11.6 Å². The molecule has 8 heteroatoms. The first kappa shape index (κ1) is 17.5. The summed E-state index contributed by atoms with van der Waals surface area (Å²) >= 11 is 6.15. The number of ether oxygens (including phenoxy) is 1. The van der Waals surface area contributed by atoms with Crippen LogP contribution in [-0.4, -0.2) is 23.0 Å². The summed E-state index contributed by atoms with van der Waals surface area (Å²) in [4.78, 5) is 19.8. The fourth-order valence-electron chi connectivity index (χ4n) is 2.23. The molecule has 0 bridgehead atoms. The second-order valence-corrected chi connectivity index (χ2v) is 5.69.